The summed E-state index contributed by atoms with van der Waals surface area (Å²) >= 11 is 0. The van der Waals surface area contributed by atoms with E-state index >= 15 is 0 Å². The quantitative estimate of drug-likeness (QED) is 0.699. The number of furan rings is 1. The number of aliphatic hydroxyl groups is 1. The number of ketones is 1. The van der Waals surface area contributed by atoms with Gasteiger partial charge in [0.1, 0.15) is 5.76 Å². The fourth-order valence-electron chi connectivity index (χ4n) is 3.74. The lowest BCUT2D eigenvalue weighted by molar-refractivity contribution is -0.129. The zero-order valence-electron chi connectivity index (χ0n) is 16.4. The molecule has 0 aliphatic carbocycles. The molecule has 4 rings (SSSR count). The molecule has 1 saturated heterocycles. The van der Waals surface area contributed by atoms with Crippen molar-refractivity contribution in [3.8, 4) is 0 Å². The minimum Gasteiger partial charge on any atom is -0.503 e. The van der Waals surface area contributed by atoms with Gasteiger partial charge in [0, 0.05) is 38.6 Å². The van der Waals surface area contributed by atoms with Crippen molar-refractivity contribution in [2.75, 3.05) is 39.4 Å². The number of ether oxygens (including phenoxy) is 1. The van der Waals surface area contributed by atoms with E-state index < -0.39 is 23.5 Å². The lowest BCUT2D eigenvalue weighted by Crippen LogP contribution is -2.43. The van der Waals surface area contributed by atoms with E-state index in [0.717, 1.165) is 18.7 Å². The minimum absolute atomic E-state index is 0.0657. The van der Waals surface area contributed by atoms with Gasteiger partial charge in [0.15, 0.2) is 11.5 Å². The summed E-state index contributed by atoms with van der Waals surface area (Å²) in [4.78, 5) is 33.6. The first kappa shape index (κ1) is 20.1. The topological polar surface area (TPSA) is 96.1 Å². The monoisotopic (exact) mass is 409 g/mol. The average Bonchev–Trinajstić information content (AvgIpc) is 3.39. The molecule has 30 heavy (non-hydrogen) atoms. The van der Waals surface area contributed by atoms with Gasteiger partial charge in [-0.3, -0.25) is 19.5 Å². The molecule has 1 atom stereocenters. The molecule has 0 spiro atoms. The summed E-state index contributed by atoms with van der Waals surface area (Å²) in [6.45, 7) is 3.92. The third-order valence-corrected chi connectivity index (χ3v) is 5.29. The molecule has 156 valence electrons. The van der Waals surface area contributed by atoms with E-state index in [0.29, 0.717) is 32.1 Å². The molecular weight excluding hydrogens is 386 g/mol. The zero-order valence-corrected chi connectivity index (χ0v) is 16.4. The SMILES string of the molecule is O=C(C=Cc1ccco1)C1=C(O)C(=O)N(CCN2CCOCC2)C1c1ccncc1. The average molecular weight is 409 g/mol. The number of amides is 1. The summed E-state index contributed by atoms with van der Waals surface area (Å²) in [6.07, 6.45) is 7.56. The first-order valence-corrected chi connectivity index (χ1v) is 9.85. The first-order valence-electron chi connectivity index (χ1n) is 9.85. The lowest BCUT2D eigenvalue weighted by atomic mass is 9.96. The number of hydrogen-bond donors (Lipinski definition) is 1. The van der Waals surface area contributed by atoms with Crippen LogP contribution >= 0.6 is 0 Å². The Morgan fingerprint density at radius 1 is 1.20 bits per heavy atom. The molecule has 8 heteroatoms. The highest BCUT2D eigenvalue weighted by Gasteiger charge is 2.42. The van der Waals surface area contributed by atoms with Crippen LogP contribution in [0.5, 0.6) is 0 Å². The summed E-state index contributed by atoms with van der Waals surface area (Å²) in [6, 6.07) is 6.26. The summed E-state index contributed by atoms with van der Waals surface area (Å²) < 4.78 is 10.6. The number of aliphatic hydroxyl groups excluding tert-OH is 1. The second-order valence-corrected chi connectivity index (χ2v) is 7.11. The van der Waals surface area contributed by atoms with Crippen LogP contribution in [-0.4, -0.2) is 71.0 Å². The van der Waals surface area contributed by atoms with Gasteiger partial charge in [-0.2, -0.15) is 0 Å². The number of carbonyl (C=O) groups excluding carboxylic acids is 2. The highest BCUT2D eigenvalue weighted by molar-refractivity contribution is 6.14. The predicted octanol–water partition coefficient (Wildman–Crippen LogP) is 1.98. The van der Waals surface area contributed by atoms with E-state index in [1.165, 1.54) is 18.4 Å². The van der Waals surface area contributed by atoms with Gasteiger partial charge in [0.25, 0.3) is 5.91 Å². The number of aromatic nitrogens is 1. The predicted molar refractivity (Wildman–Crippen MR) is 108 cm³/mol. The fraction of sp³-hybridized carbons (Fsp3) is 0.318. The van der Waals surface area contributed by atoms with Crippen molar-refractivity contribution in [3.05, 3.63) is 71.7 Å². The van der Waals surface area contributed by atoms with Crippen molar-refractivity contribution in [3.63, 3.8) is 0 Å². The number of allylic oxidation sites excluding steroid dienone is 1. The van der Waals surface area contributed by atoms with Crippen LogP contribution in [0.1, 0.15) is 17.4 Å². The minimum atomic E-state index is -0.671. The Labute approximate surface area is 174 Å². The Kier molecular flexibility index (Phi) is 6.06. The summed E-state index contributed by atoms with van der Waals surface area (Å²) in [5.41, 5.74) is 0.787. The smallest absolute Gasteiger partial charge is 0.290 e. The maximum Gasteiger partial charge on any atom is 0.290 e. The van der Waals surface area contributed by atoms with Crippen LogP contribution in [0.15, 0.2) is 64.7 Å². The van der Waals surface area contributed by atoms with Crippen molar-refractivity contribution < 1.29 is 23.8 Å². The molecule has 0 saturated carbocycles. The molecule has 1 fully saturated rings. The Morgan fingerprint density at radius 3 is 2.67 bits per heavy atom. The number of hydrogen-bond acceptors (Lipinski definition) is 7. The lowest BCUT2D eigenvalue weighted by Gasteiger charge is -2.31. The van der Waals surface area contributed by atoms with Crippen LogP contribution in [0.25, 0.3) is 6.08 Å². The third-order valence-electron chi connectivity index (χ3n) is 5.29. The molecule has 2 aromatic rings. The van der Waals surface area contributed by atoms with Crippen molar-refractivity contribution >= 4 is 17.8 Å². The Bertz CT molecular complexity index is 946. The number of pyridine rings is 1. The molecule has 2 aliphatic heterocycles. The van der Waals surface area contributed by atoms with Gasteiger partial charge in [-0.15, -0.1) is 0 Å². The van der Waals surface area contributed by atoms with Crippen molar-refractivity contribution in [1.29, 1.82) is 0 Å². The van der Waals surface area contributed by atoms with Gasteiger partial charge < -0.3 is 19.2 Å². The van der Waals surface area contributed by atoms with Gasteiger partial charge in [-0.1, -0.05) is 0 Å². The number of morpholine rings is 1. The van der Waals surface area contributed by atoms with E-state index in [4.69, 9.17) is 9.15 Å². The van der Waals surface area contributed by atoms with Gasteiger partial charge >= 0.3 is 0 Å². The maximum atomic E-state index is 13.0. The standard InChI is InChI=1S/C22H23N3O5/c26-18(4-3-17-2-1-13-30-17)19-20(16-5-7-23-8-6-16)25(22(28)21(19)27)10-9-24-11-14-29-15-12-24/h1-8,13,20,27H,9-12,14-15H2. The van der Waals surface area contributed by atoms with E-state index in [2.05, 4.69) is 9.88 Å². The van der Waals surface area contributed by atoms with Crippen molar-refractivity contribution in [2.45, 2.75) is 6.04 Å². The Hall–Kier alpha value is -3.23. The maximum absolute atomic E-state index is 13.0. The zero-order chi connectivity index (χ0) is 20.9. The molecule has 0 bridgehead atoms. The van der Waals surface area contributed by atoms with Gasteiger partial charge in [0.05, 0.1) is 31.1 Å². The second-order valence-electron chi connectivity index (χ2n) is 7.11. The molecule has 0 radical (unpaired) electrons. The summed E-state index contributed by atoms with van der Waals surface area (Å²) in [5.74, 6) is -0.974. The molecule has 4 heterocycles. The van der Waals surface area contributed by atoms with Crippen LogP contribution < -0.4 is 0 Å². The molecule has 2 aliphatic rings. The molecule has 2 aromatic heterocycles. The third kappa shape index (κ3) is 4.19. The van der Waals surface area contributed by atoms with Crippen molar-refractivity contribution in [1.82, 2.24) is 14.8 Å². The van der Waals surface area contributed by atoms with E-state index in [1.807, 2.05) is 0 Å². The normalized spacial score (nSPS) is 20.5. The molecule has 1 N–H and O–H groups in total. The van der Waals surface area contributed by atoms with Gasteiger partial charge in [-0.05, 0) is 42.0 Å². The van der Waals surface area contributed by atoms with E-state index in [1.54, 1.807) is 41.6 Å². The first-order chi connectivity index (χ1) is 14.6. The largest absolute Gasteiger partial charge is 0.503 e. The highest BCUT2D eigenvalue weighted by Crippen LogP contribution is 2.37. The molecule has 0 aromatic carbocycles. The van der Waals surface area contributed by atoms with E-state index in [-0.39, 0.29) is 5.57 Å². The Balaban J connectivity index is 1.59. The number of rotatable bonds is 7. The van der Waals surface area contributed by atoms with Crippen LogP contribution in [0.2, 0.25) is 0 Å². The number of carbonyl (C=O) groups is 2. The highest BCUT2D eigenvalue weighted by atomic mass is 16.5. The Morgan fingerprint density at radius 2 is 1.97 bits per heavy atom. The molecular formula is C22H23N3O5. The fourth-order valence-corrected chi connectivity index (χ4v) is 3.74. The van der Waals surface area contributed by atoms with Crippen LogP contribution in [0.4, 0.5) is 0 Å². The second kappa shape index (κ2) is 9.06. The van der Waals surface area contributed by atoms with Crippen LogP contribution in [0.3, 0.4) is 0 Å². The molecule has 1 amide bonds. The molecule has 8 nitrogen and oxygen atoms in total. The van der Waals surface area contributed by atoms with Crippen LogP contribution in [-0.2, 0) is 14.3 Å². The number of nitrogens with zero attached hydrogens (tertiary/aromatic N) is 3. The summed E-state index contributed by atoms with van der Waals surface area (Å²) in [5, 5.41) is 10.6. The van der Waals surface area contributed by atoms with Gasteiger partial charge in [0.2, 0.25) is 0 Å². The van der Waals surface area contributed by atoms with Crippen molar-refractivity contribution in [2.24, 2.45) is 0 Å². The van der Waals surface area contributed by atoms with Gasteiger partial charge in [-0.25, -0.2) is 0 Å². The van der Waals surface area contributed by atoms with E-state index in [9.17, 15) is 14.7 Å². The molecule has 1 unspecified atom stereocenters. The summed E-state index contributed by atoms with van der Waals surface area (Å²) in [7, 11) is 0. The van der Waals surface area contributed by atoms with Crippen LogP contribution in [0, 0.1) is 0 Å².